The zero-order valence-electron chi connectivity index (χ0n) is 8.69. The molecule has 1 heterocycles. The number of nitro groups is 1. The zero-order chi connectivity index (χ0) is 13.3. The second-order valence-electron chi connectivity index (χ2n) is 3.30. The highest BCUT2D eigenvalue weighted by atomic mass is 35.5. The van der Waals surface area contributed by atoms with Crippen LogP contribution in [0.3, 0.4) is 0 Å². The van der Waals surface area contributed by atoms with Gasteiger partial charge in [0, 0.05) is 0 Å². The first-order valence-corrected chi connectivity index (χ1v) is 5.21. The Hall–Kier alpha value is -2.02. The van der Waals surface area contributed by atoms with E-state index >= 15 is 0 Å². The third kappa shape index (κ3) is 2.17. The predicted octanol–water partition coefficient (Wildman–Crippen LogP) is 3.27. The molecule has 0 aliphatic carbocycles. The van der Waals surface area contributed by atoms with Crippen LogP contribution in [0.25, 0.3) is 11.3 Å². The van der Waals surface area contributed by atoms with Crippen LogP contribution >= 0.6 is 11.6 Å². The minimum Gasteiger partial charge on any atom is -0.439 e. The number of halogens is 3. The number of hydrogen-bond acceptors (Lipinski definition) is 4. The zero-order valence-corrected chi connectivity index (χ0v) is 9.45. The molecule has 0 aliphatic rings. The quantitative estimate of drug-likeness (QED) is 0.489. The molecule has 1 aromatic carbocycles. The van der Waals surface area contributed by atoms with Gasteiger partial charge in [-0.15, -0.1) is 11.6 Å². The van der Waals surface area contributed by atoms with Gasteiger partial charge in [-0.05, 0) is 6.07 Å². The smallest absolute Gasteiger partial charge is 0.308 e. The molecule has 2 rings (SSSR count). The van der Waals surface area contributed by atoms with Crippen molar-refractivity contribution in [1.29, 1.82) is 0 Å². The fourth-order valence-corrected chi connectivity index (χ4v) is 1.51. The Morgan fingerprint density at radius 2 is 2.17 bits per heavy atom. The summed E-state index contributed by atoms with van der Waals surface area (Å²) < 4.78 is 32.0. The van der Waals surface area contributed by atoms with Crippen molar-refractivity contribution in [2.24, 2.45) is 0 Å². The molecule has 0 unspecified atom stereocenters. The van der Waals surface area contributed by atoms with Crippen molar-refractivity contribution in [3.8, 4) is 11.3 Å². The molecule has 2 aromatic rings. The maximum Gasteiger partial charge on any atom is 0.308 e. The molecule has 5 nitrogen and oxygen atoms in total. The van der Waals surface area contributed by atoms with E-state index in [1.54, 1.807) is 0 Å². The molecule has 94 valence electrons. The third-order valence-corrected chi connectivity index (χ3v) is 2.38. The predicted molar refractivity (Wildman–Crippen MR) is 58.1 cm³/mol. The fourth-order valence-electron chi connectivity index (χ4n) is 1.38. The lowest BCUT2D eigenvalue weighted by Crippen LogP contribution is -1.96. The highest BCUT2D eigenvalue weighted by Crippen LogP contribution is 2.30. The summed E-state index contributed by atoms with van der Waals surface area (Å²) in [5.74, 6) is -2.18. The van der Waals surface area contributed by atoms with Gasteiger partial charge in [-0.1, -0.05) is 0 Å². The molecule has 0 bridgehead atoms. The van der Waals surface area contributed by atoms with E-state index in [0.717, 1.165) is 12.3 Å². The van der Waals surface area contributed by atoms with Crippen molar-refractivity contribution >= 4 is 17.3 Å². The van der Waals surface area contributed by atoms with Crippen LogP contribution in [0.4, 0.5) is 14.5 Å². The molecule has 0 fully saturated rings. The minimum absolute atomic E-state index is 0.0426. The summed E-state index contributed by atoms with van der Waals surface area (Å²) >= 11 is 5.45. The topological polar surface area (TPSA) is 69.2 Å². The maximum atomic E-state index is 13.8. The van der Waals surface area contributed by atoms with Crippen LogP contribution in [0.2, 0.25) is 0 Å². The van der Waals surface area contributed by atoms with E-state index in [9.17, 15) is 18.9 Å². The highest BCUT2D eigenvalue weighted by molar-refractivity contribution is 6.16. The van der Waals surface area contributed by atoms with Gasteiger partial charge >= 0.3 is 5.69 Å². The van der Waals surface area contributed by atoms with Crippen LogP contribution in [0.5, 0.6) is 0 Å². The fraction of sp³-hybridized carbons (Fsp3) is 0.100. The largest absolute Gasteiger partial charge is 0.439 e. The van der Waals surface area contributed by atoms with E-state index in [0.29, 0.717) is 6.07 Å². The molecule has 0 amide bonds. The Labute approximate surface area is 104 Å². The summed E-state index contributed by atoms with van der Waals surface area (Å²) in [4.78, 5) is 13.2. The molecule has 0 N–H and O–H groups in total. The van der Waals surface area contributed by atoms with E-state index in [2.05, 4.69) is 4.98 Å². The van der Waals surface area contributed by atoms with Gasteiger partial charge in [0.15, 0.2) is 5.76 Å². The van der Waals surface area contributed by atoms with Crippen LogP contribution in [-0.2, 0) is 5.88 Å². The maximum absolute atomic E-state index is 13.8. The van der Waals surface area contributed by atoms with Crippen LogP contribution in [-0.4, -0.2) is 9.91 Å². The first-order chi connectivity index (χ1) is 8.52. The summed E-state index contributed by atoms with van der Waals surface area (Å²) in [6.07, 6.45) is 1.12. The lowest BCUT2D eigenvalue weighted by atomic mass is 10.1. The normalized spacial score (nSPS) is 10.6. The first kappa shape index (κ1) is 12.4. The molecule has 1 aromatic heterocycles. The summed E-state index contributed by atoms with van der Waals surface area (Å²) in [5.41, 5.74) is -1.33. The molecular formula is C10H5ClF2N2O3. The van der Waals surface area contributed by atoms with E-state index in [4.69, 9.17) is 16.0 Å². The van der Waals surface area contributed by atoms with Crippen LogP contribution in [0, 0.1) is 21.7 Å². The molecule has 18 heavy (non-hydrogen) atoms. The number of nitrogens with zero attached hydrogens (tertiary/aromatic N) is 2. The van der Waals surface area contributed by atoms with Gasteiger partial charge in [0.05, 0.1) is 28.6 Å². The number of hydrogen-bond donors (Lipinski definition) is 0. The molecule has 0 radical (unpaired) electrons. The van der Waals surface area contributed by atoms with E-state index in [-0.39, 0.29) is 23.1 Å². The van der Waals surface area contributed by atoms with Gasteiger partial charge in [0.25, 0.3) is 0 Å². The van der Waals surface area contributed by atoms with E-state index in [1.165, 1.54) is 0 Å². The standard InChI is InChI=1S/C10H5ClF2N2O3/c11-3-9-14-4-8(18-9)6-1-5(12)2-7(10(6)13)15(16)17/h1-2,4H,3H2. The van der Waals surface area contributed by atoms with Gasteiger partial charge < -0.3 is 4.42 Å². The van der Waals surface area contributed by atoms with Crippen LogP contribution < -0.4 is 0 Å². The Morgan fingerprint density at radius 3 is 2.72 bits per heavy atom. The van der Waals surface area contributed by atoms with Crippen molar-refractivity contribution < 1.29 is 18.1 Å². The summed E-state index contributed by atoms with van der Waals surface area (Å²) in [6.45, 7) is 0. The van der Waals surface area contributed by atoms with E-state index < -0.39 is 22.2 Å². The molecule has 0 saturated carbocycles. The van der Waals surface area contributed by atoms with Crippen LogP contribution in [0.1, 0.15) is 5.89 Å². The Kier molecular flexibility index (Phi) is 3.24. The molecule has 0 spiro atoms. The van der Waals surface area contributed by atoms with Crippen molar-refractivity contribution in [2.45, 2.75) is 5.88 Å². The van der Waals surface area contributed by atoms with Gasteiger partial charge in [-0.3, -0.25) is 10.1 Å². The van der Waals surface area contributed by atoms with Crippen molar-refractivity contribution in [3.63, 3.8) is 0 Å². The molecule has 0 aliphatic heterocycles. The molecular weight excluding hydrogens is 270 g/mol. The lowest BCUT2D eigenvalue weighted by Gasteiger charge is -2.00. The van der Waals surface area contributed by atoms with Gasteiger partial charge in [0.1, 0.15) is 5.82 Å². The SMILES string of the molecule is O=[N+]([O-])c1cc(F)cc(-c2cnc(CCl)o2)c1F. The Balaban J connectivity index is 2.60. The van der Waals surface area contributed by atoms with Gasteiger partial charge in [0.2, 0.25) is 11.7 Å². The number of rotatable bonds is 3. The average Bonchev–Trinajstić information content (AvgIpc) is 2.79. The molecule has 8 heteroatoms. The third-order valence-electron chi connectivity index (χ3n) is 2.15. The number of oxazole rings is 1. The number of benzene rings is 1. The minimum atomic E-state index is -1.18. The second-order valence-corrected chi connectivity index (χ2v) is 3.56. The van der Waals surface area contributed by atoms with Crippen molar-refractivity contribution in [2.75, 3.05) is 0 Å². The summed E-state index contributed by atoms with van der Waals surface area (Å²) in [5, 5.41) is 10.6. The monoisotopic (exact) mass is 274 g/mol. The average molecular weight is 275 g/mol. The molecule has 0 atom stereocenters. The Bertz CT molecular complexity index is 615. The summed E-state index contributed by atoms with van der Waals surface area (Å²) in [6, 6.07) is 1.29. The van der Waals surface area contributed by atoms with Gasteiger partial charge in [-0.25, -0.2) is 9.37 Å². The lowest BCUT2D eigenvalue weighted by molar-refractivity contribution is -0.387. The molecule has 0 saturated heterocycles. The summed E-state index contributed by atoms with van der Waals surface area (Å²) in [7, 11) is 0. The van der Waals surface area contributed by atoms with Crippen LogP contribution in [0.15, 0.2) is 22.7 Å². The number of alkyl halides is 1. The van der Waals surface area contributed by atoms with Gasteiger partial charge in [-0.2, -0.15) is 4.39 Å². The number of aromatic nitrogens is 1. The first-order valence-electron chi connectivity index (χ1n) is 4.67. The van der Waals surface area contributed by atoms with Crippen molar-refractivity contribution in [3.05, 3.63) is 46.0 Å². The second kappa shape index (κ2) is 4.69. The van der Waals surface area contributed by atoms with E-state index in [1.807, 2.05) is 0 Å². The van der Waals surface area contributed by atoms with Crippen molar-refractivity contribution in [1.82, 2.24) is 4.98 Å². The Morgan fingerprint density at radius 1 is 1.44 bits per heavy atom. The highest BCUT2D eigenvalue weighted by Gasteiger charge is 2.23. The number of nitro benzene ring substituents is 1.